The molecule has 0 bridgehead atoms. The summed E-state index contributed by atoms with van der Waals surface area (Å²) in [4.78, 5) is 41.0. The van der Waals surface area contributed by atoms with Crippen molar-refractivity contribution in [3.8, 4) is 0 Å². The van der Waals surface area contributed by atoms with Crippen LogP contribution >= 0.6 is 15.6 Å². The SMILES string of the molecule is O=P([O-])([O-])OCC1OC(O)(COP(=O)([O-])[O-])C(O)C1O.[Na+].[Na+].[Na+].[Na+]. The molecule has 18 heteroatoms. The monoisotopic (exact) mass is 428 g/mol. The molecule has 24 heavy (non-hydrogen) atoms. The standard InChI is InChI=1S/C6H14O12P2.4Na/c7-4-3(1-16-19(10,11)12)18-6(9,5(4)8)2-17-20(13,14)15;;;;/h3-5,7-9H,1-2H2,(H2,10,11,12)(H2,13,14,15);;;;/q;4*+1/p-4. The molecule has 3 N–H and O–H groups in total. The molecule has 4 atom stereocenters. The third-order valence-corrected chi connectivity index (χ3v) is 3.26. The maximum atomic E-state index is 10.3. The van der Waals surface area contributed by atoms with Gasteiger partial charge in [-0.15, -0.1) is 0 Å². The van der Waals surface area contributed by atoms with Gasteiger partial charge in [0.25, 0.3) is 0 Å². The van der Waals surface area contributed by atoms with E-state index in [4.69, 9.17) is 0 Å². The molecule has 0 aromatic heterocycles. The molecule has 1 fully saturated rings. The predicted molar refractivity (Wildman–Crippen MR) is 49.0 cm³/mol. The first-order valence-corrected chi connectivity index (χ1v) is 7.86. The molecule has 0 saturated carbocycles. The summed E-state index contributed by atoms with van der Waals surface area (Å²) in [5.74, 6) is -2.78. The molecular formula is C6H10Na4O12P2. The molecular weight excluding hydrogens is 418 g/mol. The van der Waals surface area contributed by atoms with Crippen molar-refractivity contribution in [1.29, 1.82) is 0 Å². The first-order chi connectivity index (χ1) is 8.84. The number of hydrogen-bond acceptors (Lipinski definition) is 12. The van der Waals surface area contributed by atoms with Crippen molar-refractivity contribution < 1.29 is 176 Å². The number of rotatable bonds is 6. The molecule has 1 saturated heterocycles. The average Bonchev–Trinajstić information content (AvgIpc) is 2.48. The van der Waals surface area contributed by atoms with E-state index in [2.05, 4.69) is 13.8 Å². The van der Waals surface area contributed by atoms with E-state index in [1.54, 1.807) is 0 Å². The first kappa shape index (κ1) is 35.5. The minimum atomic E-state index is -5.48. The number of hydrogen-bond donors (Lipinski definition) is 3. The number of phosphoric acid groups is 2. The summed E-state index contributed by atoms with van der Waals surface area (Å²) in [5, 5.41) is 28.5. The van der Waals surface area contributed by atoms with Crippen LogP contribution in [0.15, 0.2) is 0 Å². The third kappa shape index (κ3) is 12.6. The summed E-state index contributed by atoms with van der Waals surface area (Å²) in [6.45, 7) is -2.37. The second-order valence-electron chi connectivity index (χ2n) is 3.90. The van der Waals surface area contributed by atoms with E-state index >= 15 is 0 Å². The van der Waals surface area contributed by atoms with Crippen LogP contribution in [0.4, 0.5) is 0 Å². The molecule has 0 amide bonds. The normalized spacial score (nSPS) is 29.5. The van der Waals surface area contributed by atoms with Crippen LogP contribution in [0.3, 0.4) is 0 Å². The fourth-order valence-corrected chi connectivity index (χ4v) is 2.13. The largest absolute Gasteiger partial charge is 1.00 e. The molecule has 0 radical (unpaired) electrons. The Balaban J connectivity index is -0.000000500. The van der Waals surface area contributed by atoms with Crippen molar-refractivity contribution in [3.63, 3.8) is 0 Å². The van der Waals surface area contributed by atoms with Crippen LogP contribution in [0.1, 0.15) is 0 Å². The van der Waals surface area contributed by atoms with E-state index in [1.807, 2.05) is 0 Å². The Morgan fingerprint density at radius 3 is 1.75 bits per heavy atom. The fraction of sp³-hybridized carbons (Fsp3) is 1.00. The van der Waals surface area contributed by atoms with Gasteiger partial charge in [0.15, 0.2) is 0 Å². The zero-order valence-electron chi connectivity index (χ0n) is 13.6. The molecule has 120 valence electrons. The number of aliphatic hydroxyl groups excluding tert-OH is 2. The molecule has 0 aromatic rings. The van der Waals surface area contributed by atoms with E-state index in [0.29, 0.717) is 0 Å². The van der Waals surface area contributed by atoms with Gasteiger partial charge < -0.3 is 57.8 Å². The summed E-state index contributed by atoms with van der Waals surface area (Å²) < 4.78 is 32.6. The summed E-state index contributed by atoms with van der Waals surface area (Å²) in [6.07, 6.45) is -5.69. The minimum absolute atomic E-state index is 0. The third-order valence-electron chi connectivity index (χ3n) is 2.35. The average molecular weight is 428 g/mol. The van der Waals surface area contributed by atoms with Gasteiger partial charge >= 0.3 is 118 Å². The van der Waals surface area contributed by atoms with E-state index in [0.717, 1.165) is 0 Å². The Morgan fingerprint density at radius 1 is 0.958 bits per heavy atom. The molecule has 0 spiro atoms. The molecule has 0 aromatic carbocycles. The van der Waals surface area contributed by atoms with Crippen LogP contribution in [0.25, 0.3) is 0 Å². The minimum Gasteiger partial charge on any atom is -0.790 e. The van der Waals surface area contributed by atoms with Crippen molar-refractivity contribution >= 4 is 15.6 Å². The molecule has 1 rings (SSSR count). The predicted octanol–water partition coefficient (Wildman–Crippen LogP) is -17.5. The van der Waals surface area contributed by atoms with Crippen molar-refractivity contribution in [2.75, 3.05) is 13.2 Å². The molecule has 12 nitrogen and oxygen atoms in total. The van der Waals surface area contributed by atoms with Gasteiger partial charge in [0.1, 0.15) is 24.9 Å². The first-order valence-electron chi connectivity index (χ1n) is 4.93. The van der Waals surface area contributed by atoms with Gasteiger partial charge in [-0.3, -0.25) is 0 Å². The topological polar surface area (TPSA) is 215 Å². The Labute approximate surface area is 225 Å². The van der Waals surface area contributed by atoms with Crippen LogP contribution in [0.2, 0.25) is 0 Å². The van der Waals surface area contributed by atoms with Crippen LogP contribution in [0.5, 0.6) is 0 Å². The van der Waals surface area contributed by atoms with Crippen molar-refractivity contribution in [2.24, 2.45) is 0 Å². The molecule has 1 aliphatic rings. The van der Waals surface area contributed by atoms with Crippen molar-refractivity contribution in [1.82, 2.24) is 0 Å². The van der Waals surface area contributed by atoms with E-state index < -0.39 is 53.0 Å². The van der Waals surface area contributed by atoms with Crippen molar-refractivity contribution in [3.05, 3.63) is 0 Å². The molecule has 1 heterocycles. The van der Waals surface area contributed by atoms with Gasteiger partial charge in [-0.2, -0.15) is 0 Å². The van der Waals surface area contributed by atoms with Gasteiger partial charge in [0, 0.05) is 0 Å². The van der Waals surface area contributed by atoms with Gasteiger partial charge in [-0.1, -0.05) is 0 Å². The Morgan fingerprint density at radius 2 is 1.38 bits per heavy atom. The summed E-state index contributed by atoms with van der Waals surface area (Å²) in [6, 6.07) is 0. The summed E-state index contributed by atoms with van der Waals surface area (Å²) >= 11 is 0. The quantitative estimate of drug-likeness (QED) is 0.266. The van der Waals surface area contributed by atoms with E-state index in [9.17, 15) is 44.0 Å². The van der Waals surface area contributed by atoms with Gasteiger partial charge in [0.2, 0.25) is 5.79 Å². The Kier molecular flexibility index (Phi) is 20.9. The maximum absolute atomic E-state index is 10.3. The fourth-order valence-electron chi connectivity index (χ4n) is 1.46. The second-order valence-corrected chi connectivity index (χ2v) is 6.21. The van der Waals surface area contributed by atoms with Gasteiger partial charge in [0.05, 0.1) is 22.3 Å². The number of ether oxygens (including phenoxy) is 1. The van der Waals surface area contributed by atoms with Gasteiger partial charge in [-0.05, 0) is 0 Å². The second kappa shape index (κ2) is 14.1. The number of phosphoric ester groups is 2. The zero-order chi connectivity index (χ0) is 15.8. The van der Waals surface area contributed by atoms with Crippen molar-refractivity contribution in [2.45, 2.75) is 24.1 Å². The molecule has 0 aliphatic carbocycles. The van der Waals surface area contributed by atoms with Crippen LogP contribution < -0.4 is 138 Å². The number of aliphatic hydroxyl groups is 3. The van der Waals surface area contributed by atoms with E-state index in [1.165, 1.54) is 0 Å². The summed E-state index contributed by atoms with van der Waals surface area (Å²) in [5.41, 5.74) is 0. The van der Waals surface area contributed by atoms with Crippen LogP contribution in [0, 0.1) is 0 Å². The summed E-state index contributed by atoms with van der Waals surface area (Å²) in [7, 11) is -10.9. The van der Waals surface area contributed by atoms with Crippen LogP contribution in [-0.2, 0) is 22.9 Å². The molecule has 4 unspecified atom stereocenters. The van der Waals surface area contributed by atoms with Gasteiger partial charge in [-0.25, -0.2) is 0 Å². The molecule has 1 aliphatic heterocycles. The maximum Gasteiger partial charge on any atom is 1.00 e. The Hall–Kier alpha value is 4.06. The van der Waals surface area contributed by atoms with Crippen LogP contribution in [-0.4, -0.2) is 52.6 Å². The van der Waals surface area contributed by atoms with E-state index in [-0.39, 0.29) is 118 Å². The Bertz CT molecular complexity index is 443. The zero-order valence-corrected chi connectivity index (χ0v) is 23.3. The smallest absolute Gasteiger partial charge is 0.790 e.